The Morgan fingerprint density at radius 1 is 1.29 bits per heavy atom. The lowest BCUT2D eigenvalue weighted by atomic mass is 10.0. The fraction of sp³-hybridized carbons (Fsp3) is 0.417. The Hall–Kier alpha value is -1.61. The third kappa shape index (κ3) is 2.51. The maximum Gasteiger partial charge on any atom is 0.413 e. The normalized spacial score (nSPS) is 16.1. The zero-order valence-electron chi connectivity index (χ0n) is 11.6. The number of alkyl halides is 3. The minimum atomic E-state index is -4.68. The van der Waals surface area contributed by atoms with Crippen LogP contribution in [0.25, 0.3) is 11.0 Å². The number of halogens is 3. The van der Waals surface area contributed by atoms with Crippen LogP contribution in [0.5, 0.6) is 0 Å². The van der Waals surface area contributed by atoms with Gasteiger partial charge in [0.2, 0.25) is 0 Å². The van der Waals surface area contributed by atoms with Crippen LogP contribution in [0.4, 0.5) is 13.2 Å². The van der Waals surface area contributed by atoms with E-state index in [0.29, 0.717) is 5.52 Å². The van der Waals surface area contributed by atoms with E-state index in [1.807, 2.05) is 0 Å². The molecule has 0 saturated heterocycles. The van der Waals surface area contributed by atoms with E-state index < -0.39 is 21.6 Å². The highest BCUT2D eigenvalue weighted by Gasteiger charge is 2.52. The smallest absolute Gasteiger partial charge is 0.329 e. The lowest BCUT2D eigenvalue weighted by Gasteiger charge is -2.26. The zero-order valence-corrected chi connectivity index (χ0v) is 12.4. The number of nitrogens with two attached hydrogens (primary N) is 1. The second-order valence-electron chi connectivity index (χ2n) is 5.12. The van der Waals surface area contributed by atoms with Crippen molar-refractivity contribution in [2.45, 2.75) is 23.5 Å². The molecule has 2 aromatic rings. The molecule has 2 rings (SSSR count). The average Bonchev–Trinajstić information content (AvgIpc) is 2.64. The molecule has 0 aliphatic rings. The lowest BCUT2D eigenvalue weighted by Crippen LogP contribution is -2.49. The van der Waals surface area contributed by atoms with E-state index >= 15 is 0 Å². The van der Waals surface area contributed by atoms with Crippen molar-refractivity contribution in [2.24, 2.45) is 12.8 Å². The molecule has 0 aliphatic heterocycles. The van der Waals surface area contributed by atoms with Gasteiger partial charge in [-0.3, -0.25) is 0 Å². The molecule has 1 unspecified atom stereocenters. The summed E-state index contributed by atoms with van der Waals surface area (Å²) in [6.45, 7) is 0.825. The summed E-state index contributed by atoms with van der Waals surface area (Å²) >= 11 is 0. The van der Waals surface area contributed by atoms with E-state index in [1.165, 1.54) is 29.8 Å². The molecule has 0 aliphatic carbocycles. The number of aryl methyl sites for hydroxylation is 1. The van der Waals surface area contributed by atoms with Gasteiger partial charge in [0.1, 0.15) is 5.82 Å². The first kappa shape index (κ1) is 15.8. The van der Waals surface area contributed by atoms with Gasteiger partial charge in [0.05, 0.1) is 15.9 Å². The highest BCUT2D eigenvalue weighted by atomic mass is 32.2. The molecule has 1 atom stereocenters. The molecule has 0 amide bonds. The van der Waals surface area contributed by atoms with Gasteiger partial charge in [0.25, 0.3) is 0 Å². The van der Waals surface area contributed by atoms with Gasteiger partial charge in [-0.25, -0.2) is 13.4 Å². The van der Waals surface area contributed by atoms with Crippen molar-refractivity contribution in [1.82, 2.24) is 9.55 Å². The molecule has 1 heterocycles. The fourth-order valence-corrected chi connectivity index (χ4v) is 2.64. The maximum atomic E-state index is 13.0. The van der Waals surface area contributed by atoms with Crippen LogP contribution in [0, 0.1) is 0 Å². The molecule has 0 spiro atoms. The van der Waals surface area contributed by atoms with Gasteiger partial charge >= 0.3 is 6.18 Å². The molecule has 1 aromatic heterocycles. The van der Waals surface area contributed by atoms with E-state index in [2.05, 4.69) is 4.98 Å². The third-order valence-corrected chi connectivity index (χ3v) is 4.44. The topological polar surface area (TPSA) is 78.0 Å². The Labute approximate surface area is 119 Å². The van der Waals surface area contributed by atoms with E-state index in [0.717, 1.165) is 13.2 Å². The Morgan fingerprint density at radius 2 is 1.86 bits per heavy atom. The second-order valence-corrected chi connectivity index (χ2v) is 7.13. The van der Waals surface area contributed by atoms with Crippen LogP contribution < -0.4 is 5.73 Å². The quantitative estimate of drug-likeness (QED) is 0.913. The van der Waals surface area contributed by atoms with Crippen molar-refractivity contribution in [3.8, 4) is 0 Å². The Balaban J connectivity index is 2.73. The molecule has 0 fully saturated rings. The lowest BCUT2D eigenvalue weighted by molar-refractivity contribution is -0.186. The molecule has 0 saturated carbocycles. The molecule has 2 N–H and O–H groups in total. The minimum absolute atomic E-state index is 0.00890. The van der Waals surface area contributed by atoms with E-state index in [1.54, 1.807) is 0 Å². The minimum Gasteiger partial charge on any atom is -0.329 e. The predicted molar refractivity (Wildman–Crippen MR) is 71.4 cm³/mol. The van der Waals surface area contributed by atoms with Gasteiger partial charge in [-0.05, 0) is 25.1 Å². The summed E-state index contributed by atoms with van der Waals surface area (Å²) < 4.78 is 63.3. The number of hydrogen-bond acceptors (Lipinski definition) is 4. The van der Waals surface area contributed by atoms with Crippen LogP contribution in [-0.4, -0.2) is 30.4 Å². The van der Waals surface area contributed by atoms with Gasteiger partial charge in [0, 0.05) is 13.3 Å². The fourth-order valence-electron chi connectivity index (χ4n) is 2.00. The highest BCUT2D eigenvalue weighted by Crippen LogP contribution is 2.36. The van der Waals surface area contributed by atoms with Crippen LogP contribution in [0.1, 0.15) is 12.7 Å². The van der Waals surface area contributed by atoms with E-state index in [4.69, 9.17) is 5.73 Å². The Kier molecular flexibility index (Phi) is 3.34. The van der Waals surface area contributed by atoms with Crippen LogP contribution in [0.3, 0.4) is 0 Å². The summed E-state index contributed by atoms with van der Waals surface area (Å²) in [7, 11) is -2.06. The summed E-state index contributed by atoms with van der Waals surface area (Å²) in [5.74, 6) is -0.379. The van der Waals surface area contributed by atoms with Gasteiger partial charge < -0.3 is 10.3 Å². The van der Waals surface area contributed by atoms with Crippen molar-refractivity contribution >= 4 is 20.9 Å². The summed E-state index contributed by atoms with van der Waals surface area (Å²) in [6, 6.07) is 3.97. The van der Waals surface area contributed by atoms with Crippen LogP contribution >= 0.6 is 0 Å². The Morgan fingerprint density at radius 3 is 2.33 bits per heavy atom. The van der Waals surface area contributed by atoms with Gasteiger partial charge in [-0.2, -0.15) is 13.2 Å². The predicted octanol–water partition coefficient (Wildman–Crippen LogP) is 1.71. The largest absolute Gasteiger partial charge is 0.413 e. The third-order valence-electron chi connectivity index (χ3n) is 3.33. The first-order chi connectivity index (χ1) is 9.35. The molecule has 116 valence electrons. The maximum absolute atomic E-state index is 13.0. The van der Waals surface area contributed by atoms with Crippen molar-refractivity contribution < 1.29 is 21.6 Å². The number of rotatable bonds is 2. The molecular formula is C12H14F3N3O2S. The molecule has 1 aromatic carbocycles. The molecule has 9 heteroatoms. The summed E-state index contributed by atoms with van der Waals surface area (Å²) in [5, 5.41) is 0. The zero-order chi connectivity index (χ0) is 16.2. The van der Waals surface area contributed by atoms with Crippen LogP contribution in [0.2, 0.25) is 0 Å². The summed E-state index contributed by atoms with van der Waals surface area (Å²) in [5.41, 5.74) is 3.27. The average molecular weight is 321 g/mol. The first-order valence-corrected chi connectivity index (χ1v) is 7.77. The molecular weight excluding hydrogens is 307 g/mol. The number of nitrogens with zero attached hydrogens (tertiary/aromatic N) is 2. The molecule has 5 nitrogen and oxygen atoms in total. The number of hydrogen-bond donors (Lipinski definition) is 1. The number of benzene rings is 1. The molecule has 21 heavy (non-hydrogen) atoms. The number of fused-ring (bicyclic) bond motifs is 1. The number of sulfone groups is 1. The van der Waals surface area contributed by atoms with Crippen LogP contribution in [0.15, 0.2) is 23.1 Å². The van der Waals surface area contributed by atoms with Crippen molar-refractivity contribution in [1.29, 1.82) is 0 Å². The highest BCUT2D eigenvalue weighted by molar-refractivity contribution is 7.90. The van der Waals surface area contributed by atoms with Crippen molar-refractivity contribution in [3.63, 3.8) is 0 Å². The SMILES string of the molecule is Cn1c(C(C)(N)C(F)(F)F)nc2cc(S(C)(=O)=O)ccc21. The number of aromatic nitrogens is 2. The van der Waals surface area contributed by atoms with E-state index in [9.17, 15) is 21.6 Å². The summed E-state index contributed by atoms with van der Waals surface area (Å²) in [4.78, 5) is 3.87. The Bertz CT molecular complexity index is 807. The monoisotopic (exact) mass is 321 g/mol. The van der Waals surface area contributed by atoms with Crippen molar-refractivity contribution in [2.75, 3.05) is 6.26 Å². The van der Waals surface area contributed by atoms with Gasteiger partial charge in [-0.15, -0.1) is 0 Å². The molecule has 0 radical (unpaired) electrons. The first-order valence-electron chi connectivity index (χ1n) is 5.88. The van der Waals surface area contributed by atoms with E-state index in [-0.39, 0.29) is 16.2 Å². The molecule has 0 bridgehead atoms. The standard InChI is InChI=1S/C12H14F3N3O2S/c1-11(16,12(13,14)15)10-17-8-6-7(21(3,19)20)4-5-9(8)18(10)2/h4-6H,16H2,1-3H3. The second kappa shape index (κ2) is 4.44. The van der Waals surface area contributed by atoms with Crippen molar-refractivity contribution in [3.05, 3.63) is 24.0 Å². The van der Waals surface area contributed by atoms with Gasteiger partial charge in [-0.1, -0.05) is 0 Å². The van der Waals surface area contributed by atoms with Gasteiger partial charge in [0.15, 0.2) is 15.4 Å². The summed E-state index contributed by atoms with van der Waals surface area (Å²) in [6.07, 6.45) is -3.66. The number of imidazole rings is 1. The van der Waals surface area contributed by atoms with Crippen LogP contribution in [-0.2, 0) is 22.4 Å².